The maximum atomic E-state index is 10.5. The minimum atomic E-state index is 0.187. The number of phenols is 1. The standard InChI is InChI=1S/C23H26O2/c1-13-10-11-18(20(24)12-13)19-8-7-9-21(25-6)23(19)22-16(4)14(2)15(3)17(22)5/h7-12,22,24H,1-6H3. The fourth-order valence-electron chi connectivity index (χ4n) is 3.91. The quantitative estimate of drug-likeness (QED) is 0.730. The molecule has 0 bridgehead atoms. The number of ether oxygens (including phenoxy) is 1. The molecule has 25 heavy (non-hydrogen) atoms. The van der Waals surface area contributed by atoms with Crippen molar-refractivity contribution < 1.29 is 9.84 Å². The van der Waals surface area contributed by atoms with Gasteiger partial charge in [-0.1, -0.05) is 35.4 Å². The average Bonchev–Trinajstić information content (AvgIpc) is 2.78. The molecule has 0 saturated heterocycles. The van der Waals surface area contributed by atoms with Crippen molar-refractivity contribution in [2.75, 3.05) is 7.11 Å². The molecule has 3 rings (SSSR count). The van der Waals surface area contributed by atoms with Gasteiger partial charge >= 0.3 is 0 Å². The van der Waals surface area contributed by atoms with Crippen molar-refractivity contribution in [2.45, 2.75) is 40.5 Å². The predicted octanol–water partition coefficient (Wildman–Crippen LogP) is 6.15. The van der Waals surface area contributed by atoms with E-state index in [-0.39, 0.29) is 5.92 Å². The third-order valence-electron chi connectivity index (χ3n) is 5.63. The molecular formula is C23H26O2. The zero-order chi connectivity index (χ0) is 18.3. The summed E-state index contributed by atoms with van der Waals surface area (Å²) in [5.74, 6) is 1.36. The molecule has 0 fully saturated rings. The fraction of sp³-hybridized carbons (Fsp3) is 0.304. The molecule has 0 aliphatic heterocycles. The van der Waals surface area contributed by atoms with Gasteiger partial charge in [0.25, 0.3) is 0 Å². The molecule has 2 aromatic carbocycles. The summed E-state index contributed by atoms with van der Waals surface area (Å²) in [6.07, 6.45) is 0. The predicted molar refractivity (Wildman–Crippen MR) is 104 cm³/mol. The van der Waals surface area contributed by atoms with Crippen LogP contribution in [0.25, 0.3) is 11.1 Å². The maximum Gasteiger partial charge on any atom is 0.123 e. The van der Waals surface area contributed by atoms with Gasteiger partial charge in [-0.2, -0.15) is 0 Å². The summed E-state index contributed by atoms with van der Waals surface area (Å²) in [6.45, 7) is 10.8. The van der Waals surface area contributed by atoms with Crippen molar-refractivity contribution in [1.29, 1.82) is 0 Å². The second kappa shape index (κ2) is 6.44. The van der Waals surface area contributed by atoms with Gasteiger partial charge in [0.1, 0.15) is 11.5 Å². The number of methoxy groups -OCH3 is 1. The molecule has 0 saturated carbocycles. The molecule has 1 N–H and O–H groups in total. The molecule has 2 heteroatoms. The normalized spacial score (nSPS) is 15.3. The van der Waals surface area contributed by atoms with E-state index in [2.05, 4.69) is 33.8 Å². The maximum absolute atomic E-state index is 10.5. The summed E-state index contributed by atoms with van der Waals surface area (Å²) in [5.41, 5.74) is 9.48. The van der Waals surface area contributed by atoms with Gasteiger partial charge in [0.05, 0.1) is 7.11 Å². The molecule has 0 amide bonds. The van der Waals surface area contributed by atoms with Crippen LogP contribution in [-0.4, -0.2) is 12.2 Å². The Kier molecular flexibility index (Phi) is 4.47. The van der Waals surface area contributed by atoms with Crippen LogP contribution < -0.4 is 4.74 Å². The molecular weight excluding hydrogens is 308 g/mol. The summed E-state index contributed by atoms with van der Waals surface area (Å²) in [6, 6.07) is 11.9. The number of benzene rings is 2. The third kappa shape index (κ3) is 2.76. The third-order valence-corrected chi connectivity index (χ3v) is 5.63. The molecule has 0 radical (unpaired) electrons. The molecule has 0 aromatic heterocycles. The lowest BCUT2D eigenvalue weighted by Gasteiger charge is -2.23. The number of aryl methyl sites for hydroxylation is 1. The highest BCUT2D eigenvalue weighted by molar-refractivity contribution is 5.78. The van der Waals surface area contributed by atoms with Gasteiger partial charge in [-0.15, -0.1) is 0 Å². The molecule has 1 aliphatic carbocycles. The molecule has 0 heterocycles. The van der Waals surface area contributed by atoms with E-state index in [0.717, 1.165) is 28.0 Å². The highest BCUT2D eigenvalue weighted by Crippen LogP contribution is 2.50. The molecule has 0 atom stereocenters. The van der Waals surface area contributed by atoms with E-state index in [4.69, 9.17) is 4.74 Å². The van der Waals surface area contributed by atoms with Crippen molar-refractivity contribution >= 4 is 0 Å². The lowest BCUT2D eigenvalue weighted by molar-refractivity contribution is 0.409. The first-order chi connectivity index (χ1) is 11.9. The summed E-state index contributed by atoms with van der Waals surface area (Å²) in [4.78, 5) is 0. The van der Waals surface area contributed by atoms with E-state index >= 15 is 0 Å². The van der Waals surface area contributed by atoms with Crippen molar-refractivity contribution in [3.05, 3.63) is 69.8 Å². The molecule has 2 nitrogen and oxygen atoms in total. The smallest absolute Gasteiger partial charge is 0.123 e. The number of phenolic OH excluding ortho intramolecular Hbond substituents is 1. The Balaban J connectivity index is 2.31. The van der Waals surface area contributed by atoms with Crippen LogP contribution in [-0.2, 0) is 0 Å². The van der Waals surface area contributed by atoms with E-state index in [9.17, 15) is 5.11 Å². The zero-order valence-electron chi connectivity index (χ0n) is 15.9. The van der Waals surface area contributed by atoms with Crippen LogP contribution in [0.2, 0.25) is 0 Å². The van der Waals surface area contributed by atoms with Gasteiger partial charge in [0.15, 0.2) is 0 Å². The van der Waals surface area contributed by atoms with Gasteiger partial charge < -0.3 is 9.84 Å². The minimum absolute atomic E-state index is 0.187. The molecule has 0 spiro atoms. The van der Waals surface area contributed by atoms with Gasteiger partial charge in [-0.05, 0) is 69.0 Å². The van der Waals surface area contributed by atoms with E-state index < -0.39 is 0 Å². The first-order valence-corrected chi connectivity index (χ1v) is 8.68. The Labute approximate surface area is 150 Å². The van der Waals surface area contributed by atoms with E-state index in [1.807, 2.05) is 37.3 Å². The Morgan fingerprint density at radius 2 is 1.48 bits per heavy atom. The first-order valence-electron chi connectivity index (χ1n) is 8.68. The molecule has 0 unspecified atom stereocenters. The Morgan fingerprint density at radius 3 is 2.04 bits per heavy atom. The summed E-state index contributed by atoms with van der Waals surface area (Å²) >= 11 is 0. The Bertz CT molecular complexity index is 876. The summed E-state index contributed by atoms with van der Waals surface area (Å²) in [5, 5.41) is 10.5. The largest absolute Gasteiger partial charge is 0.507 e. The van der Waals surface area contributed by atoms with Crippen LogP contribution in [0.1, 0.15) is 44.7 Å². The highest BCUT2D eigenvalue weighted by atomic mass is 16.5. The fourth-order valence-corrected chi connectivity index (χ4v) is 3.91. The Morgan fingerprint density at radius 1 is 0.840 bits per heavy atom. The monoisotopic (exact) mass is 334 g/mol. The number of rotatable bonds is 3. The summed E-state index contributed by atoms with van der Waals surface area (Å²) in [7, 11) is 1.71. The summed E-state index contributed by atoms with van der Waals surface area (Å²) < 4.78 is 5.72. The van der Waals surface area contributed by atoms with Crippen LogP contribution in [0.4, 0.5) is 0 Å². The van der Waals surface area contributed by atoms with Crippen molar-refractivity contribution in [3.63, 3.8) is 0 Å². The number of aromatic hydroxyl groups is 1. The van der Waals surface area contributed by atoms with E-state index in [1.54, 1.807) is 7.11 Å². The second-order valence-electron chi connectivity index (χ2n) is 6.99. The van der Waals surface area contributed by atoms with Crippen molar-refractivity contribution in [2.24, 2.45) is 0 Å². The van der Waals surface area contributed by atoms with Crippen LogP contribution in [0.3, 0.4) is 0 Å². The second-order valence-corrected chi connectivity index (χ2v) is 6.99. The topological polar surface area (TPSA) is 29.5 Å². The number of hydrogen-bond donors (Lipinski definition) is 1. The lowest BCUT2D eigenvalue weighted by Crippen LogP contribution is -2.05. The van der Waals surface area contributed by atoms with E-state index in [1.165, 1.54) is 22.3 Å². The SMILES string of the molecule is COc1cccc(-c2ccc(C)cc2O)c1C1C(C)=C(C)C(C)=C1C. The number of allylic oxidation sites excluding steroid dienone is 4. The zero-order valence-corrected chi connectivity index (χ0v) is 15.9. The van der Waals surface area contributed by atoms with Gasteiger partial charge in [-0.25, -0.2) is 0 Å². The first kappa shape index (κ1) is 17.3. The van der Waals surface area contributed by atoms with Gasteiger partial charge in [0, 0.05) is 17.0 Å². The van der Waals surface area contributed by atoms with Crippen molar-refractivity contribution in [1.82, 2.24) is 0 Å². The van der Waals surface area contributed by atoms with E-state index in [0.29, 0.717) is 5.75 Å². The van der Waals surface area contributed by atoms with Crippen LogP contribution >= 0.6 is 0 Å². The average molecular weight is 334 g/mol. The highest BCUT2D eigenvalue weighted by Gasteiger charge is 2.30. The van der Waals surface area contributed by atoms with Crippen molar-refractivity contribution in [3.8, 4) is 22.6 Å². The molecule has 2 aromatic rings. The van der Waals surface area contributed by atoms with Gasteiger partial charge in [-0.3, -0.25) is 0 Å². The molecule has 130 valence electrons. The Hall–Kier alpha value is -2.48. The number of hydrogen-bond acceptors (Lipinski definition) is 2. The van der Waals surface area contributed by atoms with Crippen LogP contribution in [0.5, 0.6) is 11.5 Å². The van der Waals surface area contributed by atoms with Gasteiger partial charge in [0.2, 0.25) is 0 Å². The lowest BCUT2D eigenvalue weighted by atomic mass is 9.83. The van der Waals surface area contributed by atoms with Crippen LogP contribution in [0, 0.1) is 6.92 Å². The minimum Gasteiger partial charge on any atom is -0.507 e. The van der Waals surface area contributed by atoms with Crippen LogP contribution in [0.15, 0.2) is 58.7 Å². The molecule has 1 aliphatic rings.